The topological polar surface area (TPSA) is 52.8 Å². The molecule has 0 aliphatic heterocycles. The molecule has 0 radical (unpaired) electrons. The van der Waals surface area contributed by atoms with Crippen molar-refractivity contribution in [3.63, 3.8) is 0 Å². The van der Waals surface area contributed by atoms with Crippen LogP contribution in [0.2, 0.25) is 0 Å². The minimum absolute atomic E-state index is 0.337. The van der Waals surface area contributed by atoms with Gasteiger partial charge in [-0.2, -0.15) is 0 Å². The van der Waals surface area contributed by atoms with Crippen molar-refractivity contribution >= 4 is 5.71 Å². The summed E-state index contributed by atoms with van der Waals surface area (Å²) in [6.45, 7) is 7.12. The highest BCUT2D eigenvalue weighted by Crippen LogP contribution is 2.65. The Morgan fingerprint density at radius 1 is 1.31 bits per heavy atom. The molecule has 0 aromatic heterocycles. The van der Waals surface area contributed by atoms with Crippen molar-refractivity contribution in [3.8, 4) is 0 Å². The molecule has 0 aromatic carbocycles. The molecule has 0 amide bonds. The molecule has 2 N–H and O–H groups in total. The van der Waals surface area contributed by atoms with Gasteiger partial charge < -0.3 is 10.3 Å². The molecule has 4 aliphatic rings. The first-order valence-corrected chi connectivity index (χ1v) is 10.8. The molecule has 0 aromatic rings. The van der Waals surface area contributed by atoms with E-state index >= 15 is 0 Å². The van der Waals surface area contributed by atoms with Crippen LogP contribution in [-0.2, 0) is 0 Å². The lowest BCUT2D eigenvalue weighted by Gasteiger charge is -2.56. The van der Waals surface area contributed by atoms with Crippen LogP contribution in [0.15, 0.2) is 29.5 Å². The van der Waals surface area contributed by atoms with Gasteiger partial charge in [0.25, 0.3) is 0 Å². The molecular formula is C23H35NO2. The zero-order valence-electron chi connectivity index (χ0n) is 16.2. The molecule has 144 valence electrons. The zero-order chi connectivity index (χ0) is 18.3. The molecular weight excluding hydrogens is 322 g/mol. The summed E-state index contributed by atoms with van der Waals surface area (Å²) < 4.78 is 0. The number of nitrogens with zero attached hydrogens (tertiary/aromatic N) is 1. The van der Waals surface area contributed by atoms with Gasteiger partial charge in [0.1, 0.15) is 0 Å². The van der Waals surface area contributed by atoms with Crippen molar-refractivity contribution in [2.24, 2.45) is 46.1 Å². The van der Waals surface area contributed by atoms with E-state index in [1.807, 2.05) is 0 Å². The summed E-state index contributed by atoms with van der Waals surface area (Å²) in [6.07, 6.45) is 15.2. The third-order valence-electron chi connectivity index (χ3n) is 8.75. The lowest BCUT2D eigenvalue weighted by Crippen LogP contribution is -2.49. The van der Waals surface area contributed by atoms with Gasteiger partial charge in [-0.3, -0.25) is 0 Å². The number of aliphatic hydroxyl groups excluding tert-OH is 1. The Balaban J connectivity index is 1.62. The van der Waals surface area contributed by atoms with Gasteiger partial charge in [0.05, 0.1) is 5.71 Å². The molecule has 3 fully saturated rings. The van der Waals surface area contributed by atoms with E-state index in [1.54, 1.807) is 0 Å². The van der Waals surface area contributed by atoms with Gasteiger partial charge in [0.15, 0.2) is 0 Å². The van der Waals surface area contributed by atoms with Gasteiger partial charge in [0, 0.05) is 6.61 Å². The first kappa shape index (κ1) is 18.3. The molecule has 0 saturated heterocycles. The molecule has 0 bridgehead atoms. The number of allylic oxidation sites excluding steroid dienone is 3. The Kier molecular flexibility index (Phi) is 5.02. The molecule has 0 heterocycles. The lowest BCUT2D eigenvalue weighted by molar-refractivity contribution is -0.0402. The van der Waals surface area contributed by atoms with Crippen molar-refractivity contribution in [1.29, 1.82) is 0 Å². The number of hydrogen-bond acceptors (Lipinski definition) is 3. The summed E-state index contributed by atoms with van der Waals surface area (Å²) in [5.41, 5.74) is 2.85. The van der Waals surface area contributed by atoms with Gasteiger partial charge in [0.2, 0.25) is 0 Å². The Labute approximate surface area is 158 Å². The van der Waals surface area contributed by atoms with Gasteiger partial charge >= 0.3 is 0 Å². The van der Waals surface area contributed by atoms with Gasteiger partial charge in [-0.15, -0.1) is 6.58 Å². The molecule has 26 heavy (non-hydrogen) atoms. The molecule has 0 spiro atoms. The standard InChI is InChI=1S/C23H35NO2/c1-3-15-13-16-14-18(24-26)7-8-19(16)20-10-11-23(2)17(5-4-12-25)6-9-21(23)22(15)20/h3,14-15,17,19-22,25-26H,1,4-13H2,2H3/b24-18+. The number of hydrogen-bond donors (Lipinski definition) is 2. The zero-order valence-corrected chi connectivity index (χ0v) is 16.2. The van der Waals surface area contributed by atoms with Crippen LogP contribution in [0.3, 0.4) is 0 Å². The number of fused-ring (bicyclic) bond motifs is 5. The number of aliphatic hydroxyl groups is 1. The summed E-state index contributed by atoms with van der Waals surface area (Å²) in [5.74, 6) is 4.45. The van der Waals surface area contributed by atoms with E-state index in [9.17, 15) is 10.3 Å². The quantitative estimate of drug-likeness (QED) is 0.413. The van der Waals surface area contributed by atoms with Crippen LogP contribution in [0.25, 0.3) is 0 Å². The Morgan fingerprint density at radius 2 is 2.15 bits per heavy atom. The predicted molar refractivity (Wildman–Crippen MR) is 105 cm³/mol. The molecule has 7 unspecified atom stereocenters. The number of oxime groups is 1. The Morgan fingerprint density at radius 3 is 2.88 bits per heavy atom. The van der Waals surface area contributed by atoms with Gasteiger partial charge in [-0.05, 0) is 105 Å². The highest BCUT2D eigenvalue weighted by Gasteiger charge is 2.57. The minimum atomic E-state index is 0.337. The first-order valence-electron chi connectivity index (χ1n) is 10.8. The smallest absolute Gasteiger partial charge is 0.0795 e. The highest BCUT2D eigenvalue weighted by atomic mass is 16.4. The maximum Gasteiger partial charge on any atom is 0.0795 e. The molecule has 3 saturated carbocycles. The average molecular weight is 358 g/mol. The Bertz CT molecular complexity index is 609. The molecule has 3 heteroatoms. The van der Waals surface area contributed by atoms with Gasteiger partial charge in [-0.25, -0.2) is 0 Å². The molecule has 4 aliphatic carbocycles. The summed E-state index contributed by atoms with van der Waals surface area (Å²) in [6, 6.07) is 0. The van der Waals surface area contributed by atoms with E-state index in [0.717, 1.165) is 55.1 Å². The SMILES string of the molecule is C=CC1CC2=C/C(=N/O)CCC2C2CCC3(C)C(CCCO)CCC3C12. The van der Waals surface area contributed by atoms with E-state index in [2.05, 4.69) is 30.8 Å². The molecule has 4 rings (SSSR count). The van der Waals surface area contributed by atoms with Crippen molar-refractivity contribution < 1.29 is 10.3 Å². The summed E-state index contributed by atoms with van der Waals surface area (Å²) >= 11 is 0. The van der Waals surface area contributed by atoms with Crippen molar-refractivity contribution in [2.75, 3.05) is 6.61 Å². The van der Waals surface area contributed by atoms with Gasteiger partial charge in [-0.1, -0.05) is 23.7 Å². The van der Waals surface area contributed by atoms with E-state index in [4.69, 9.17) is 0 Å². The third-order valence-corrected chi connectivity index (χ3v) is 8.75. The average Bonchev–Trinajstić information content (AvgIpc) is 3.01. The third kappa shape index (κ3) is 2.78. The number of rotatable bonds is 4. The first-order chi connectivity index (χ1) is 12.6. The monoisotopic (exact) mass is 357 g/mol. The van der Waals surface area contributed by atoms with E-state index < -0.39 is 0 Å². The lowest BCUT2D eigenvalue weighted by atomic mass is 9.48. The second-order valence-electron chi connectivity index (χ2n) is 9.59. The van der Waals surface area contributed by atoms with Crippen LogP contribution in [-0.4, -0.2) is 22.6 Å². The van der Waals surface area contributed by atoms with Crippen molar-refractivity contribution in [3.05, 3.63) is 24.3 Å². The maximum atomic E-state index is 9.30. The molecule has 7 atom stereocenters. The second kappa shape index (κ2) is 7.14. The van der Waals surface area contributed by atoms with Crippen LogP contribution < -0.4 is 0 Å². The van der Waals surface area contributed by atoms with Crippen LogP contribution >= 0.6 is 0 Å². The van der Waals surface area contributed by atoms with Crippen LogP contribution in [0.1, 0.15) is 64.7 Å². The summed E-state index contributed by atoms with van der Waals surface area (Å²) in [5, 5.41) is 22.0. The summed E-state index contributed by atoms with van der Waals surface area (Å²) in [7, 11) is 0. The molecule has 3 nitrogen and oxygen atoms in total. The largest absolute Gasteiger partial charge is 0.411 e. The van der Waals surface area contributed by atoms with Crippen molar-refractivity contribution in [2.45, 2.75) is 64.7 Å². The normalized spacial score (nSPS) is 46.2. The van der Waals surface area contributed by atoms with Crippen LogP contribution in [0, 0.1) is 40.9 Å². The summed E-state index contributed by atoms with van der Waals surface area (Å²) in [4.78, 5) is 0. The fraction of sp³-hybridized carbons (Fsp3) is 0.783. The fourth-order valence-corrected chi connectivity index (χ4v) is 7.54. The van der Waals surface area contributed by atoms with Crippen LogP contribution in [0.5, 0.6) is 0 Å². The van der Waals surface area contributed by atoms with Crippen LogP contribution in [0.4, 0.5) is 0 Å². The van der Waals surface area contributed by atoms with E-state index in [1.165, 1.54) is 37.7 Å². The second-order valence-corrected chi connectivity index (χ2v) is 9.59. The minimum Gasteiger partial charge on any atom is -0.411 e. The maximum absolute atomic E-state index is 9.30. The predicted octanol–water partition coefficient (Wildman–Crippen LogP) is 5.19. The van der Waals surface area contributed by atoms with E-state index in [-0.39, 0.29) is 0 Å². The fourth-order valence-electron chi connectivity index (χ4n) is 7.54. The van der Waals surface area contributed by atoms with E-state index in [0.29, 0.717) is 23.9 Å². The highest BCUT2D eigenvalue weighted by molar-refractivity contribution is 5.96. The van der Waals surface area contributed by atoms with Crippen molar-refractivity contribution in [1.82, 2.24) is 0 Å². The Hall–Kier alpha value is -1.09.